The van der Waals surface area contributed by atoms with Crippen molar-refractivity contribution in [3.05, 3.63) is 35.4 Å². The number of hydrogen-bond donors (Lipinski definition) is 1. The molecule has 0 aliphatic carbocycles. The summed E-state index contributed by atoms with van der Waals surface area (Å²) in [6.07, 6.45) is 2.14. The summed E-state index contributed by atoms with van der Waals surface area (Å²) in [5.41, 5.74) is 1.21. The van der Waals surface area contributed by atoms with Crippen LogP contribution in [0.15, 0.2) is 24.3 Å². The molecule has 0 spiro atoms. The number of hydrogen-bond acceptors (Lipinski definition) is 4. The molecule has 112 valence electrons. The number of nitrogens with zero attached hydrogens (tertiary/aromatic N) is 2. The first kappa shape index (κ1) is 16.7. The van der Waals surface area contributed by atoms with Crippen molar-refractivity contribution in [1.82, 2.24) is 5.06 Å². The van der Waals surface area contributed by atoms with Gasteiger partial charge in [-0.05, 0) is 24.1 Å². The SMILES string of the molecule is CCCCON(C=O)[C@@H](Cc1ccc(C#N)cc1)C(=O)O. The number of carboxylic acids is 1. The summed E-state index contributed by atoms with van der Waals surface area (Å²) in [5.74, 6) is -1.14. The molecule has 1 aromatic rings. The summed E-state index contributed by atoms with van der Waals surface area (Å²) in [6, 6.07) is 7.46. The Bertz CT molecular complexity index is 507. The quantitative estimate of drug-likeness (QED) is 0.425. The van der Waals surface area contributed by atoms with Crippen LogP contribution < -0.4 is 0 Å². The molecular formula is C15H18N2O4. The maximum absolute atomic E-state index is 11.3. The average molecular weight is 290 g/mol. The molecule has 6 nitrogen and oxygen atoms in total. The van der Waals surface area contributed by atoms with Crippen molar-refractivity contribution >= 4 is 12.4 Å². The smallest absolute Gasteiger partial charge is 0.329 e. The van der Waals surface area contributed by atoms with Gasteiger partial charge in [0.15, 0.2) is 6.04 Å². The number of carboxylic acid groups (broad SMARTS) is 1. The molecule has 0 saturated heterocycles. The number of benzene rings is 1. The lowest BCUT2D eigenvalue weighted by Gasteiger charge is -2.24. The molecule has 0 heterocycles. The molecule has 21 heavy (non-hydrogen) atoms. The van der Waals surface area contributed by atoms with Gasteiger partial charge in [-0.3, -0.25) is 9.63 Å². The minimum atomic E-state index is -1.14. The number of hydroxylamine groups is 2. The molecule has 0 aromatic heterocycles. The normalized spacial score (nSPS) is 11.4. The van der Waals surface area contributed by atoms with Gasteiger partial charge in [0.1, 0.15) is 0 Å². The fourth-order valence-electron chi connectivity index (χ4n) is 1.73. The molecule has 1 aromatic carbocycles. The van der Waals surface area contributed by atoms with Crippen LogP contribution in [0.1, 0.15) is 30.9 Å². The summed E-state index contributed by atoms with van der Waals surface area (Å²) >= 11 is 0. The lowest BCUT2D eigenvalue weighted by molar-refractivity contribution is -0.196. The highest BCUT2D eigenvalue weighted by Crippen LogP contribution is 2.11. The van der Waals surface area contributed by atoms with E-state index < -0.39 is 12.0 Å². The van der Waals surface area contributed by atoms with Crippen molar-refractivity contribution in [3.8, 4) is 6.07 Å². The van der Waals surface area contributed by atoms with E-state index in [4.69, 9.17) is 10.1 Å². The average Bonchev–Trinajstić information content (AvgIpc) is 2.50. The molecule has 0 bridgehead atoms. The highest BCUT2D eigenvalue weighted by atomic mass is 16.7. The van der Waals surface area contributed by atoms with E-state index in [0.717, 1.165) is 17.9 Å². The Labute approximate surface area is 123 Å². The number of carbonyl (C=O) groups is 2. The number of aliphatic carboxylic acids is 1. The fourth-order valence-corrected chi connectivity index (χ4v) is 1.73. The van der Waals surface area contributed by atoms with Gasteiger partial charge in [0.2, 0.25) is 6.41 Å². The number of rotatable bonds is 9. The summed E-state index contributed by atoms with van der Waals surface area (Å²) < 4.78 is 0. The van der Waals surface area contributed by atoms with Gasteiger partial charge in [0, 0.05) is 6.42 Å². The third-order valence-electron chi connectivity index (χ3n) is 2.95. The van der Waals surface area contributed by atoms with Crippen LogP contribution >= 0.6 is 0 Å². The van der Waals surface area contributed by atoms with E-state index in [9.17, 15) is 14.7 Å². The largest absolute Gasteiger partial charge is 0.480 e. The van der Waals surface area contributed by atoms with Crippen molar-refractivity contribution < 1.29 is 19.5 Å². The monoisotopic (exact) mass is 290 g/mol. The number of amides is 1. The topological polar surface area (TPSA) is 90.6 Å². The summed E-state index contributed by atoms with van der Waals surface area (Å²) in [5, 5.41) is 18.8. The third-order valence-corrected chi connectivity index (χ3v) is 2.95. The first-order chi connectivity index (χ1) is 10.1. The van der Waals surface area contributed by atoms with Gasteiger partial charge in [-0.1, -0.05) is 25.5 Å². The Hall–Kier alpha value is -2.39. The van der Waals surface area contributed by atoms with E-state index in [1.54, 1.807) is 24.3 Å². The summed E-state index contributed by atoms with van der Waals surface area (Å²) in [4.78, 5) is 27.6. The van der Waals surface area contributed by atoms with Crippen LogP contribution in [0.5, 0.6) is 0 Å². The minimum absolute atomic E-state index is 0.117. The molecular weight excluding hydrogens is 272 g/mol. The molecule has 1 N–H and O–H groups in total. The molecule has 0 radical (unpaired) electrons. The number of carbonyl (C=O) groups excluding carboxylic acids is 1. The van der Waals surface area contributed by atoms with Crippen molar-refractivity contribution in [2.45, 2.75) is 32.2 Å². The van der Waals surface area contributed by atoms with E-state index in [2.05, 4.69) is 0 Å². The maximum Gasteiger partial charge on any atom is 0.329 e. The van der Waals surface area contributed by atoms with Crippen molar-refractivity contribution in [2.75, 3.05) is 6.61 Å². The Morgan fingerprint density at radius 1 is 1.48 bits per heavy atom. The second kappa shape index (κ2) is 8.72. The number of unbranched alkanes of at least 4 members (excludes halogenated alkanes) is 1. The molecule has 0 fully saturated rings. The standard InChI is InChI=1S/C15H18N2O4/c1-2-3-8-21-17(11-18)14(15(19)20)9-12-4-6-13(10-16)7-5-12/h4-7,11,14H,2-3,8-9H2,1H3,(H,19,20)/t14-/m0/s1. The van der Waals surface area contributed by atoms with Gasteiger partial charge in [-0.2, -0.15) is 5.26 Å². The van der Waals surface area contributed by atoms with E-state index in [1.165, 1.54) is 0 Å². The Balaban J connectivity index is 2.77. The Morgan fingerprint density at radius 3 is 2.62 bits per heavy atom. The first-order valence-corrected chi connectivity index (χ1v) is 6.70. The van der Waals surface area contributed by atoms with Crippen LogP contribution in [0.3, 0.4) is 0 Å². The van der Waals surface area contributed by atoms with Gasteiger partial charge in [-0.15, -0.1) is 0 Å². The van der Waals surface area contributed by atoms with Gasteiger partial charge < -0.3 is 5.11 Å². The van der Waals surface area contributed by atoms with Crippen LogP contribution in [0.4, 0.5) is 0 Å². The predicted molar refractivity (Wildman–Crippen MR) is 75.0 cm³/mol. The zero-order chi connectivity index (χ0) is 15.7. The van der Waals surface area contributed by atoms with E-state index >= 15 is 0 Å². The second-order valence-electron chi connectivity index (χ2n) is 4.52. The lowest BCUT2D eigenvalue weighted by Crippen LogP contribution is -2.42. The van der Waals surface area contributed by atoms with E-state index in [0.29, 0.717) is 24.1 Å². The Morgan fingerprint density at radius 2 is 2.14 bits per heavy atom. The van der Waals surface area contributed by atoms with Crippen LogP contribution in [-0.2, 0) is 20.8 Å². The molecule has 1 amide bonds. The van der Waals surface area contributed by atoms with Crippen LogP contribution in [0.25, 0.3) is 0 Å². The summed E-state index contributed by atoms with van der Waals surface area (Å²) in [7, 11) is 0. The highest BCUT2D eigenvalue weighted by molar-refractivity contribution is 5.76. The molecule has 0 unspecified atom stereocenters. The van der Waals surface area contributed by atoms with Crippen molar-refractivity contribution in [1.29, 1.82) is 5.26 Å². The molecule has 0 aliphatic heterocycles. The highest BCUT2D eigenvalue weighted by Gasteiger charge is 2.26. The summed E-state index contributed by atoms with van der Waals surface area (Å²) in [6.45, 7) is 2.27. The Kier molecular flexibility index (Phi) is 6.92. The van der Waals surface area contributed by atoms with Crippen LogP contribution in [0, 0.1) is 11.3 Å². The molecule has 1 rings (SSSR count). The minimum Gasteiger partial charge on any atom is -0.480 e. The molecule has 6 heteroatoms. The van der Waals surface area contributed by atoms with E-state index in [-0.39, 0.29) is 6.42 Å². The molecule has 1 atom stereocenters. The zero-order valence-electron chi connectivity index (χ0n) is 11.9. The molecule has 0 aliphatic rings. The van der Waals surface area contributed by atoms with Crippen molar-refractivity contribution in [3.63, 3.8) is 0 Å². The number of nitriles is 1. The third kappa shape index (κ3) is 5.24. The van der Waals surface area contributed by atoms with Gasteiger partial charge in [0.25, 0.3) is 0 Å². The lowest BCUT2D eigenvalue weighted by atomic mass is 10.0. The van der Waals surface area contributed by atoms with Crippen LogP contribution in [0.2, 0.25) is 0 Å². The van der Waals surface area contributed by atoms with Crippen molar-refractivity contribution in [2.24, 2.45) is 0 Å². The van der Waals surface area contributed by atoms with Crippen LogP contribution in [-0.4, -0.2) is 35.2 Å². The van der Waals surface area contributed by atoms with Gasteiger partial charge in [-0.25, -0.2) is 9.86 Å². The van der Waals surface area contributed by atoms with E-state index in [1.807, 2.05) is 13.0 Å². The second-order valence-corrected chi connectivity index (χ2v) is 4.52. The van der Waals surface area contributed by atoms with Gasteiger partial charge in [0.05, 0.1) is 18.2 Å². The van der Waals surface area contributed by atoms with Gasteiger partial charge >= 0.3 is 5.97 Å². The maximum atomic E-state index is 11.3. The zero-order valence-corrected chi connectivity index (χ0v) is 11.9. The molecule has 0 saturated carbocycles. The fraction of sp³-hybridized carbons (Fsp3) is 0.400. The first-order valence-electron chi connectivity index (χ1n) is 6.70. The predicted octanol–water partition coefficient (Wildman–Crippen LogP) is 1.74.